The van der Waals surface area contributed by atoms with Crippen LogP contribution in [0.15, 0.2) is 29.3 Å². The van der Waals surface area contributed by atoms with Gasteiger partial charge in [0.15, 0.2) is 0 Å². The summed E-state index contributed by atoms with van der Waals surface area (Å²) in [5, 5.41) is 1.07. The van der Waals surface area contributed by atoms with E-state index in [2.05, 4.69) is 6.08 Å². The van der Waals surface area contributed by atoms with Crippen LogP contribution < -0.4 is 0 Å². The summed E-state index contributed by atoms with van der Waals surface area (Å²) in [5.41, 5.74) is -0.600. The average Bonchev–Trinajstić information content (AvgIpc) is 2.75. The van der Waals surface area contributed by atoms with Crippen molar-refractivity contribution in [2.75, 3.05) is 13.2 Å². The van der Waals surface area contributed by atoms with Gasteiger partial charge >= 0.3 is 5.97 Å². The number of rotatable bonds is 5. The molecule has 5 heteroatoms. The molecular formula is C14H19NO3S. The van der Waals surface area contributed by atoms with E-state index in [1.54, 1.807) is 11.8 Å². The molecule has 2 unspecified atom stereocenters. The molecule has 19 heavy (non-hydrogen) atoms. The maximum absolute atomic E-state index is 11.0. The van der Waals surface area contributed by atoms with E-state index in [0.717, 1.165) is 17.9 Å². The van der Waals surface area contributed by atoms with Crippen molar-refractivity contribution >= 4 is 22.8 Å². The summed E-state index contributed by atoms with van der Waals surface area (Å²) in [6, 6.07) is 0. The van der Waals surface area contributed by atoms with Crippen molar-refractivity contribution in [3.63, 3.8) is 0 Å². The molecule has 2 atom stereocenters. The molecule has 0 amide bonds. The zero-order chi connectivity index (χ0) is 13.7. The molecule has 2 aliphatic heterocycles. The van der Waals surface area contributed by atoms with Crippen LogP contribution in [0.1, 0.15) is 26.7 Å². The first kappa shape index (κ1) is 14.3. The standard InChI is InChI=1S/C14H19NO3S/c1-3-4-5-7-12-15-14(10-18-11(2)16)8-6-9-17-13(14)19-12/h3-4,6,8,13H,5,7,9-10H2,1-2H3. The van der Waals surface area contributed by atoms with Crippen LogP contribution in [0.5, 0.6) is 0 Å². The summed E-state index contributed by atoms with van der Waals surface area (Å²) in [6.45, 7) is 4.27. The van der Waals surface area contributed by atoms with Gasteiger partial charge in [0.25, 0.3) is 0 Å². The smallest absolute Gasteiger partial charge is 0.302 e. The molecule has 0 spiro atoms. The summed E-state index contributed by atoms with van der Waals surface area (Å²) < 4.78 is 10.9. The first-order valence-electron chi connectivity index (χ1n) is 6.45. The zero-order valence-electron chi connectivity index (χ0n) is 11.3. The highest BCUT2D eigenvalue weighted by atomic mass is 32.2. The van der Waals surface area contributed by atoms with Crippen LogP contribution in [-0.2, 0) is 14.3 Å². The molecule has 4 nitrogen and oxygen atoms in total. The molecule has 2 aliphatic rings. The van der Waals surface area contributed by atoms with Gasteiger partial charge in [-0.05, 0) is 19.8 Å². The summed E-state index contributed by atoms with van der Waals surface area (Å²) in [4.78, 5) is 15.8. The first-order valence-corrected chi connectivity index (χ1v) is 7.33. The Morgan fingerprint density at radius 3 is 3.32 bits per heavy atom. The highest BCUT2D eigenvalue weighted by Gasteiger charge is 2.46. The number of nitrogens with zero attached hydrogens (tertiary/aromatic N) is 1. The van der Waals surface area contributed by atoms with E-state index in [4.69, 9.17) is 14.5 Å². The van der Waals surface area contributed by atoms with Crippen LogP contribution in [0, 0.1) is 0 Å². The molecule has 0 N–H and O–H groups in total. The van der Waals surface area contributed by atoms with E-state index in [-0.39, 0.29) is 18.0 Å². The van der Waals surface area contributed by atoms with Gasteiger partial charge in [-0.2, -0.15) is 0 Å². The lowest BCUT2D eigenvalue weighted by molar-refractivity contribution is -0.143. The number of fused-ring (bicyclic) bond motifs is 1. The van der Waals surface area contributed by atoms with Crippen LogP contribution in [0.2, 0.25) is 0 Å². The summed E-state index contributed by atoms with van der Waals surface area (Å²) in [6.07, 6.45) is 10.0. The molecule has 2 heterocycles. The van der Waals surface area contributed by atoms with Crippen LogP contribution in [0.3, 0.4) is 0 Å². The predicted molar refractivity (Wildman–Crippen MR) is 77.3 cm³/mol. The molecule has 2 rings (SSSR count). The van der Waals surface area contributed by atoms with E-state index in [9.17, 15) is 4.79 Å². The third kappa shape index (κ3) is 3.48. The number of ether oxygens (including phenoxy) is 2. The normalized spacial score (nSPS) is 29.4. The molecule has 0 saturated carbocycles. The fourth-order valence-electron chi connectivity index (χ4n) is 2.08. The molecule has 0 radical (unpaired) electrons. The van der Waals surface area contributed by atoms with Gasteiger partial charge in [0.1, 0.15) is 17.6 Å². The van der Waals surface area contributed by atoms with Crippen molar-refractivity contribution in [3.8, 4) is 0 Å². The number of carbonyl (C=O) groups excluding carboxylic acids is 1. The molecule has 0 aromatic heterocycles. The first-order chi connectivity index (χ1) is 9.16. The molecule has 0 bridgehead atoms. The van der Waals surface area contributed by atoms with Gasteiger partial charge in [-0.1, -0.05) is 36.1 Å². The Balaban J connectivity index is 2.07. The molecule has 0 saturated heterocycles. The number of esters is 1. The number of allylic oxidation sites excluding steroid dienone is 2. The number of aliphatic imine (C=N–C) groups is 1. The maximum Gasteiger partial charge on any atom is 0.302 e. The Hall–Kier alpha value is -1.07. The molecule has 0 fully saturated rings. The fourth-order valence-corrected chi connectivity index (χ4v) is 3.34. The van der Waals surface area contributed by atoms with E-state index < -0.39 is 5.54 Å². The lowest BCUT2D eigenvalue weighted by Crippen LogP contribution is -2.43. The van der Waals surface area contributed by atoms with E-state index in [0.29, 0.717) is 6.61 Å². The Bertz CT molecular complexity index is 430. The summed E-state index contributed by atoms with van der Waals surface area (Å²) in [5.74, 6) is -0.283. The number of hydrogen-bond acceptors (Lipinski definition) is 5. The van der Waals surface area contributed by atoms with Gasteiger partial charge in [-0.15, -0.1) is 0 Å². The monoisotopic (exact) mass is 281 g/mol. The number of hydrogen-bond donors (Lipinski definition) is 0. The molecular weight excluding hydrogens is 262 g/mol. The van der Waals surface area contributed by atoms with Crippen molar-refractivity contribution in [2.45, 2.75) is 37.7 Å². The lowest BCUT2D eigenvalue weighted by Gasteiger charge is -2.31. The summed E-state index contributed by atoms with van der Waals surface area (Å²) >= 11 is 1.65. The topological polar surface area (TPSA) is 47.9 Å². The van der Waals surface area contributed by atoms with Crippen LogP contribution in [0.4, 0.5) is 0 Å². The van der Waals surface area contributed by atoms with E-state index >= 15 is 0 Å². The largest absolute Gasteiger partial charge is 0.463 e. The molecule has 0 aromatic rings. The van der Waals surface area contributed by atoms with Crippen molar-refractivity contribution < 1.29 is 14.3 Å². The van der Waals surface area contributed by atoms with Crippen molar-refractivity contribution in [1.29, 1.82) is 0 Å². The Kier molecular flexibility index (Phi) is 4.82. The predicted octanol–water partition coefficient (Wildman–Crippen LogP) is 2.70. The summed E-state index contributed by atoms with van der Waals surface area (Å²) in [7, 11) is 0. The van der Waals surface area contributed by atoms with Gasteiger partial charge in [-0.3, -0.25) is 9.79 Å². The van der Waals surface area contributed by atoms with E-state index in [1.165, 1.54) is 6.92 Å². The highest BCUT2D eigenvalue weighted by molar-refractivity contribution is 8.14. The van der Waals surface area contributed by atoms with Crippen LogP contribution >= 0.6 is 11.8 Å². The number of carbonyl (C=O) groups is 1. The fraction of sp³-hybridized carbons (Fsp3) is 0.571. The Morgan fingerprint density at radius 2 is 2.58 bits per heavy atom. The quantitative estimate of drug-likeness (QED) is 0.574. The Morgan fingerprint density at radius 1 is 1.74 bits per heavy atom. The van der Waals surface area contributed by atoms with E-state index in [1.807, 2.05) is 25.2 Å². The molecule has 104 valence electrons. The lowest BCUT2D eigenvalue weighted by atomic mass is 10.0. The zero-order valence-corrected chi connectivity index (χ0v) is 12.1. The minimum atomic E-state index is -0.528. The third-order valence-electron chi connectivity index (χ3n) is 3.00. The minimum absolute atomic E-state index is 0.0718. The SMILES string of the molecule is CC=CCCC1=NC2(COC(C)=O)C=CCOC2S1. The Labute approximate surface area is 117 Å². The van der Waals surface area contributed by atoms with Gasteiger partial charge in [0.2, 0.25) is 0 Å². The van der Waals surface area contributed by atoms with Gasteiger partial charge in [0, 0.05) is 6.92 Å². The van der Waals surface area contributed by atoms with Crippen molar-refractivity contribution in [1.82, 2.24) is 0 Å². The highest BCUT2D eigenvalue weighted by Crippen LogP contribution is 2.41. The average molecular weight is 281 g/mol. The molecule has 0 aromatic carbocycles. The van der Waals surface area contributed by atoms with Gasteiger partial charge < -0.3 is 9.47 Å². The van der Waals surface area contributed by atoms with Crippen LogP contribution in [0.25, 0.3) is 0 Å². The van der Waals surface area contributed by atoms with Crippen molar-refractivity contribution in [3.05, 3.63) is 24.3 Å². The second-order valence-corrected chi connectivity index (χ2v) is 5.71. The van der Waals surface area contributed by atoms with Crippen molar-refractivity contribution in [2.24, 2.45) is 4.99 Å². The van der Waals surface area contributed by atoms with Gasteiger partial charge in [-0.25, -0.2) is 0 Å². The minimum Gasteiger partial charge on any atom is -0.463 e. The maximum atomic E-state index is 11.0. The second kappa shape index (κ2) is 6.39. The third-order valence-corrected chi connectivity index (χ3v) is 4.33. The second-order valence-electron chi connectivity index (χ2n) is 4.57. The van der Waals surface area contributed by atoms with Crippen LogP contribution in [-0.4, -0.2) is 35.2 Å². The number of thioether (sulfide) groups is 1. The molecule has 0 aliphatic carbocycles. The van der Waals surface area contributed by atoms with Gasteiger partial charge in [0.05, 0.1) is 11.7 Å².